The van der Waals surface area contributed by atoms with Crippen LogP contribution >= 0.6 is 46.6 Å². The van der Waals surface area contributed by atoms with E-state index >= 15 is 0 Å². The largest absolute Gasteiger partial charge is 0.465 e. The van der Waals surface area contributed by atoms with E-state index in [1.807, 2.05) is 18.2 Å². The molecule has 1 aromatic heterocycles. The van der Waals surface area contributed by atoms with Crippen LogP contribution in [0.25, 0.3) is 6.08 Å². The maximum atomic E-state index is 13.0. The Morgan fingerprint density at radius 2 is 1.81 bits per heavy atom. The standard InChI is InChI=1S/C22H14Cl3N3O3S/c23-15-10-17(25)18(11-16(15)24)26-20(29)12-32-22-27-19(9-14-7-4-8-31-14)21(30)28(22)13-5-2-1-3-6-13/h1-11H,12H2,(H,26,29)/b19-9+. The molecule has 0 atom stereocenters. The van der Waals surface area contributed by atoms with Gasteiger partial charge in [0.15, 0.2) is 5.17 Å². The maximum absolute atomic E-state index is 13.0. The number of para-hydroxylation sites is 1. The molecule has 2 amide bonds. The molecule has 4 rings (SSSR count). The number of hydrogen-bond donors (Lipinski definition) is 1. The van der Waals surface area contributed by atoms with Gasteiger partial charge in [-0.3, -0.25) is 14.5 Å². The van der Waals surface area contributed by atoms with Crippen LogP contribution in [0.4, 0.5) is 11.4 Å². The van der Waals surface area contributed by atoms with Crippen LogP contribution in [0.15, 0.2) is 76.0 Å². The van der Waals surface area contributed by atoms with Gasteiger partial charge in [0.2, 0.25) is 5.91 Å². The average Bonchev–Trinajstić information content (AvgIpc) is 3.39. The molecule has 32 heavy (non-hydrogen) atoms. The van der Waals surface area contributed by atoms with Gasteiger partial charge >= 0.3 is 0 Å². The Bertz CT molecular complexity index is 1230. The molecule has 0 unspecified atom stereocenters. The molecule has 10 heteroatoms. The number of benzene rings is 2. The number of nitrogens with zero attached hydrogens (tertiary/aromatic N) is 2. The molecule has 6 nitrogen and oxygen atoms in total. The van der Waals surface area contributed by atoms with Crippen molar-refractivity contribution in [2.75, 3.05) is 16.0 Å². The fourth-order valence-corrected chi connectivity index (χ4v) is 4.25. The molecule has 3 aromatic rings. The zero-order valence-electron chi connectivity index (χ0n) is 16.2. The van der Waals surface area contributed by atoms with Crippen molar-refractivity contribution in [1.82, 2.24) is 0 Å². The van der Waals surface area contributed by atoms with Gasteiger partial charge in [0, 0.05) is 6.08 Å². The summed E-state index contributed by atoms with van der Waals surface area (Å²) < 4.78 is 5.29. The van der Waals surface area contributed by atoms with Crippen LogP contribution in [0.2, 0.25) is 15.1 Å². The third kappa shape index (κ3) is 5.02. The van der Waals surface area contributed by atoms with Gasteiger partial charge in [0.1, 0.15) is 11.5 Å². The molecule has 1 N–H and O–H groups in total. The molecule has 1 aliphatic heterocycles. The molecular formula is C22H14Cl3N3O3S. The van der Waals surface area contributed by atoms with Crippen LogP contribution in [0.5, 0.6) is 0 Å². The highest BCUT2D eigenvalue weighted by molar-refractivity contribution is 8.14. The molecule has 0 fully saturated rings. The number of carbonyl (C=O) groups excluding carboxylic acids is 2. The van der Waals surface area contributed by atoms with E-state index < -0.39 is 0 Å². The summed E-state index contributed by atoms with van der Waals surface area (Å²) in [4.78, 5) is 31.5. The zero-order chi connectivity index (χ0) is 22.7. The van der Waals surface area contributed by atoms with Gasteiger partial charge in [-0.1, -0.05) is 64.8 Å². The van der Waals surface area contributed by atoms with E-state index in [-0.39, 0.29) is 38.3 Å². The number of nitrogens with one attached hydrogen (secondary N) is 1. The average molecular weight is 507 g/mol. The molecular weight excluding hydrogens is 493 g/mol. The van der Waals surface area contributed by atoms with Crippen LogP contribution in [-0.2, 0) is 9.59 Å². The lowest BCUT2D eigenvalue weighted by Crippen LogP contribution is -2.31. The van der Waals surface area contributed by atoms with E-state index in [1.54, 1.807) is 30.3 Å². The highest BCUT2D eigenvalue weighted by atomic mass is 35.5. The number of amides is 2. The van der Waals surface area contributed by atoms with Crippen molar-refractivity contribution in [3.05, 3.63) is 87.4 Å². The number of thioether (sulfide) groups is 1. The summed E-state index contributed by atoms with van der Waals surface area (Å²) in [7, 11) is 0. The van der Waals surface area contributed by atoms with Gasteiger partial charge in [-0.2, -0.15) is 0 Å². The Balaban J connectivity index is 1.53. The van der Waals surface area contributed by atoms with Gasteiger partial charge in [-0.25, -0.2) is 4.99 Å². The van der Waals surface area contributed by atoms with E-state index in [0.29, 0.717) is 22.3 Å². The third-order valence-electron chi connectivity index (χ3n) is 4.28. The predicted molar refractivity (Wildman–Crippen MR) is 131 cm³/mol. The fourth-order valence-electron chi connectivity index (χ4n) is 2.84. The minimum absolute atomic E-state index is 0.0138. The van der Waals surface area contributed by atoms with Crippen molar-refractivity contribution in [1.29, 1.82) is 0 Å². The van der Waals surface area contributed by atoms with Crippen molar-refractivity contribution < 1.29 is 14.0 Å². The van der Waals surface area contributed by atoms with Crippen molar-refractivity contribution in [3.8, 4) is 0 Å². The number of amidine groups is 1. The van der Waals surface area contributed by atoms with Crippen molar-refractivity contribution >= 4 is 81.0 Å². The molecule has 0 radical (unpaired) electrons. The third-order valence-corrected chi connectivity index (χ3v) is 6.26. The summed E-state index contributed by atoms with van der Waals surface area (Å²) in [6.45, 7) is 0. The van der Waals surface area contributed by atoms with Gasteiger partial charge in [-0.05, 0) is 36.4 Å². The van der Waals surface area contributed by atoms with E-state index in [9.17, 15) is 9.59 Å². The van der Waals surface area contributed by atoms with Crippen LogP contribution in [0.3, 0.4) is 0 Å². The second-order valence-electron chi connectivity index (χ2n) is 6.50. The summed E-state index contributed by atoms with van der Waals surface area (Å²) >= 11 is 19.2. The van der Waals surface area contributed by atoms with E-state index in [2.05, 4.69) is 10.3 Å². The first-order chi connectivity index (χ1) is 15.4. The van der Waals surface area contributed by atoms with Crippen LogP contribution in [-0.4, -0.2) is 22.7 Å². The minimum Gasteiger partial charge on any atom is -0.465 e. The number of rotatable bonds is 5. The Morgan fingerprint density at radius 3 is 2.53 bits per heavy atom. The molecule has 0 saturated heterocycles. The number of halogens is 3. The van der Waals surface area contributed by atoms with Gasteiger partial charge in [0.05, 0.1) is 38.5 Å². The minimum atomic E-state index is -0.345. The molecule has 1 aliphatic rings. The van der Waals surface area contributed by atoms with Crippen molar-refractivity contribution in [2.45, 2.75) is 0 Å². The molecule has 0 spiro atoms. The Labute approximate surface area is 202 Å². The van der Waals surface area contributed by atoms with E-state index in [0.717, 1.165) is 11.8 Å². The normalized spacial score (nSPS) is 14.7. The predicted octanol–water partition coefficient (Wildman–Crippen LogP) is 6.36. The first kappa shape index (κ1) is 22.5. The monoisotopic (exact) mass is 505 g/mol. The van der Waals surface area contributed by atoms with Crippen molar-refractivity contribution in [2.24, 2.45) is 4.99 Å². The Hall–Kier alpha value is -2.71. The first-order valence-corrected chi connectivity index (χ1v) is 11.3. The lowest BCUT2D eigenvalue weighted by molar-refractivity contribution is -0.114. The smallest absolute Gasteiger partial charge is 0.283 e. The number of carbonyl (C=O) groups is 2. The number of aliphatic imine (C=N–C) groups is 1. The first-order valence-electron chi connectivity index (χ1n) is 9.23. The highest BCUT2D eigenvalue weighted by Gasteiger charge is 2.32. The topological polar surface area (TPSA) is 74.9 Å². The summed E-state index contributed by atoms with van der Waals surface area (Å²) in [5.41, 5.74) is 1.19. The molecule has 162 valence electrons. The highest BCUT2D eigenvalue weighted by Crippen LogP contribution is 2.33. The molecule has 2 aromatic carbocycles. The lowest BCUT2D eigenvalue weighted by atomic mass is 10.2. The summed E-state index contributed by atoms with van der Waals surface area (Å²) in [6, 6.07) is 15.4. The SMILES string of the molecule is O=C(CSC1=N/C(=C/c2ccco2)C(=O)N1c1ccccc1)Nc1cc(Cl)c(Cl)cc1Cl. The van der Waals surface area contributed by atoms with E-state index in [1.165, 1.54) is 23.3 Å². The van der Waals surface area contributed by atoms with Crippen molar-refractivity contribution in [3.63, 3.8) is 0 Å². The van der Waals surface area contributed by atoms with Gasteiger partial charge < -0.3 is 9.73 Å². The second-order valence-corrected chi connectivity index (χ2v) is 8.66. The van der Waals surface area contributed by atoms with Crippen LogP contribution < -0.4 is 10.2 Å². The van der Waals surface area contributed by atoms with Crippen LogP contribution in [0.1, 0.15) is 5.76 Å². The second kappa shape index (κ2) is 9.83. The summed E-state index contributed by atoms with van der Waals surface area (Å²) in [5, 5.41) is 3.89. The fraction of sp³-hybridized carbons (Fsp3) is 0.0455. The molecule has 0 bridgehead atoms. The molecule has 2 heterocycles. The van der Waals surface area contributed by atoms with Gasteiger partial charge in [-0.15, -0.1) is 0 Å². The maximum Gasteiger partial charge on any atom is 0.283 e. The quantitative estimate of drug-likeness (QED) is 0.323. The van der Waals surface area contributed by atoms with E-state index in [4.69, 9.17) is 39.2 Å². The van der Waals surface area contributed by atoms with Crippen LogP contribution in [0, 0.1) is 0 Å². The molecule has 0 aliphatic carbocycles. The number of anilines is 2. The Kier molecular flexibility index (Phi) is 6.91. The number of hydrogen-bond acceptors (Lipinski definition) is 5. The summed E-state index contributed by atoms with van der Waals surface area (Å²) in [6.07, 6.45) is 3.07. The zero-order valence-corrected chi connectivity index (χ0v) is 19.3. The Morgan fingerprint density at radius 1 is 1.06 bits per heavy atom. The lowest BCUT2D eigenvalue weighted by Gasteiger charge is -2.17. The molecule has 0 saturated carbocycles. The summed E-state index contributed by atoms with van der Waals surface area (Å²) in [5.74, 6) is -0.173. The van der Waals surface area contributed by atoms with Gasteiger partial charge in [0.25, 0.3) is 5.91 Å². The number of furan rings is 1.